The molecule has 1 unspecified atom stereocenters. The number of likely N-dealkylation sites (tertiary alicyclic amines) is 1. The van der Waals surface area contributed by atoms with E-state index in [1.165, 1.54) is 19.3 Å². The van der Waals surface area contributed by atoms with Gasteiger partial charge >= 0.3 is 0 Å². The van der Waals surface area contributed by atoms with Crippen molar-refractivity contribution in [2.75, 3.05) is 27.2 Å². The average Bonchev–Trinajstić information content (AvgIpc) is 3.38. The lowest BCUT2D eigenvalue weighted by Crippen LogP contribution is -2.41. The van der Waals surface area contributed by atoms with Gasteiger partial charge in [-0.25, -0.2) is 4.98 Å². The minimum Gasteiger partial charge on any atom is -0.496 e. The number of aromatic nitrogens is 1. The highest BCUT2D eigenvalue weighted by Crippen LogP contribution is 2.33. The molecule has 0 bridgehead atoms. The number of thiazole rings is 1. The number of para-hydroxylation sites is 1. The fourth-order valence-electron chi connectivity index (χ4n) is 5.24. The number of carbonyl (C=O) groups is 2. The van der Waals surface area contributed by atoms with E-state index in [0.717, 1.165) is 61.5 Å². The van der Waals surface area contributed by atoms with Crippen molar-refractivity contribution in [2.24, 2.45) is 5.92 Å². The third-order valence-corrected chi connectivity index (χ3v) is 8.55. The quantitative estimate of drug-likeness (QED) is 0.547. The van der Waals surface area contributed by atoms with Gasteiger partial charge in [0.25, 0.3) is 5.91 Å². The SMILES string of the molecule is COc1ccccc1CC(C)N(C)C(=O)c1csc(C2CCN(C(=O)C3CCCCC3)CC2)n1. The Labute approximate surface area is 207 Å². The van der Waals surface area contributed by atoms with Crippen LogP contribution in [-0.2, 0) is 11.2 Å². The van der Waals surface area contributed by atoms with E-state index in [9.17, 15) is 9.59 Å². The number of amides is 2. The van der Waals surface area contributed by atoms with Gasteiger partial charge < -0.3 is 14.5 Å². The first-order valence-corrected chi connectivity index (χ1v) is 13.5. The second-order valence-corrected chi connectivity index (χ2v) is 10.7. The molecule has 2 aliphatic rings. The third kappa shape index (κ3) is 5.62. The lowest BCUT2D eigenvalue weighted by Gasteiger charge is -2.34. The summed E-state index contributed by atoms with van der Waals surface area (Å²) in [4.78, 5) is 34.6. The summed E-state index contributed by atoms with van der Waals surface area (Å²) in [6, 6.07) is 7.95. The summed E-state index contributed by atoms with van der Waals surface area (Å²) in [5.74, 6) is 1.73. The molecule has 0 spiro atoms. The van der Waals surface area contributed by atoms with Gasteiger partial charge in [0.05, 0.1) is 12.1 Å². The monoisotopic (exact) mass is 483 g/mol. The number of rotatable bonds is 7. The molecule has 0 N–H and O–H groups in total. The molecule has 0 radical (unpaired) electrons. The molecule has 2 aromatic rings. The maximum atomic E-state index is 13.1. The van der Waals surface area contributed by atoms with Gasteiger partial charge in [-0.05, 0) is 50.7 Å². The van der Waals surface area contributed by atoms with Gasteiger partial charge in [-0.1, -0.05) is 37.5 Å². The molecule has 6 nitrogen and oxygen atoms in total. The summed E-state index contributed by atoms with van der Waals surface area (Å²) < 4.78 is 5.46. The molecule has 1 aliphatic heterocycles. The van der Waals surface area contributed by atoms with Crippen LogP contribution in [-0.4, -0.2) is 59.9 Å². The Hall–Kier alpha value is -2.41. The van der Waals surface area contributed by atoms with Crippen molar-refractivity contribution in [3.8, 4) is 5.75 Å². The highest BCUT2D eigenvalue weighted by atomic mass is 32.1. The molecule has 184 valence electrons. The van der Waals surface area contributed by atoms with Gasteiger partial charge in [-0.15, -0.1) is 11.3 Å². The predicted octanol–water partition coefficient (Wildman–Crippen LogP) is 5.14. The molecule has 2 fully saturated rings. The van der Waals surface area contributed by atoms with Crippen LogP contribution in [0, 0.1) is 5.92 Å². The van der Waals surface area contributed by atoms with E-state index in [2.05, 4.69) is 11.8 Å². The number of piperidine rings is 1. The Bertz CT molecular complexity index is 977. The van der Waals surface area contributed by atoms with Crippen LogP contribution in [0.3, 0.4) is 0 Å². The molecule has 2 heterocycles. The molecular weight excluding hydrogens is 446 g/mol. The van der Waals surface area contributed by atoms with Crippen molar-refractivity contribution in [3.63, 3.8) is 0 Å². The second kappa shape index (κ2) is 11.3. The molecule has 1 atom stereocenters. The van der Waals surface area contributed by atoms with E-state index in [0.29, 0.717) is 17.5 Å². The van der Waals surface area contributed by atoms with Crippen LogP contribution >= 0.6 is 11.3 Å². The first-order chi connectivity index (χ1) is 16.5. The van der Waals surface area contributed by atoms with E-state index >= 15 is 0 Å². The minimum absolute atomic E-state index is 0.0167. The van der Waals surface area contributed by atoms with Crippen molar-refractivity contribution in [3.05, 3.63) is 45.9 Å². The summed E-state index contributed by atoms with van der Waals surface area (Å²) in [6.07, 6.45) is 8.34. The van der Waals surface area contributed by atoms with E-state index in [4.69, 9.17) is 9.72 Å². The number of hydrogen-bond acceptors (Lipinski definition) is 5. The number of likely N-dealkylation sites (N-methyl/N-ethyl adjacent to an activating group) is 1. The molecule has 1 saturated carbocycles. The zero-order valence-electron chi connectivity index (χ0n) is 20.7. The topological polar surface area (TPSA) is 62.7 Å². The van der Waals surface area contributed by atoms with Crippen molar-refractivity contribution < 1.29 is 14.3 Å². The van der Waals surface area contributed by atoms with Crippen LogP contribution < -0.4 is 4.74 Å². The summed E-state index contributed by atoms with van der Waals surface area (Å²) in [6.45, 7) is 3.66. The Morgan fingerprint density at radius 1 is 1.15 bits per heavy atom. The van der Waals surface area contributed by atoms with Gasteiger partial charge in [-0.2, -0.15) is 0 Å². The Morgan fingerprint density at radius 2 is 1.85 bits per heavy atom. The van der Waals surface area contributed by atoms with Gasteiger partial charge in [0, 0.05) is 43.4 Å². The molecule has 1 aromatic heterocycles. The van der Waals surface area contributed by atoms with Gasteiger partial charge in [0.1, 0.15) is 11.4 Å². The molecule has 1 saturated heterocycles. The summed E-state index contributed by atoms with van der Waals surface area (Å²) >= 11 is 1.58. The minimum atomic E-state index is -0.0465. The predicted molar refractivity (Wildman–Crippen MR) is 135 cm³/mol. The first kappa shape index (κ1) is 24.7. The maximum Gasteiger partial charge on any atom is 0.273 e. The van der Waals surface area contributed by atoms with Crippen molar-refractivity contribution in [1.29, 1.82) is 0 Å². The molecule has 34 heavy (non-hydrogen) atoms. The molecular formula is C27H37N3O3S. The number of carbonyl (C=O) groups excluding carboxylic acids is 2. The van der Waals surface area contributed by atoms with Crippen molar-refractivity contribution in [1.82, 2.24) is 14.8 Å². The molecule has 2 amide bonds. The summed E-state index contributed by atoms with van der Waals surface area (Å²) in [5.41, 5.74) is 1.61. The molecule has 1 aromatic carbocycles. The second-order valence-electron chi connectivity index (χ2n) is 9.79. The molecule has 1 aliphatic carbocycles. The lowest BCUT2D eigenvalue weighted by molar-refractivity contribution is -0.137. The maximum absolute atomic E-state index is 13.1. The molecule has 4 rings (SSSR count). The van der Waals surface area contributed by atoms with Crippen LogP contribution in [0.1, 0.15) is 78.8 Å². The standard InChI is InChI=1S/C27H37N3O3S/c1-19(17-22-11-7-8-12-24(22)33-3)29(2)27(32)23-18-34-25(28-23)20-13-15-30(16-14-20)26(31)21-9-5-4-6-10-21/h7-8,11-12,18-21H,4-6,9-10,13-17H2,1-3H3. The highest BCUT2D eigenvalue weighted by molar-refractivity contribution is 7.09. The Balaban J connectivity index is 1.32. The van der Waals surface area contributed by atoms with Crippen molar-refractivity contribution in [2.45, 2.75) is 70.3 Å². The van der Waals surface area contributed by atoms with Gasteiger partial charge in [-0.3, -0.25) is 9.59 Å². The number of nitrogens with zero attached hydrogens (tertiary/aromatic N) is 3. The molecule has 7 heteroatoms. The zero-order valence-corrected chi connectivity index (χ0v) is 21.5. The van der Waals surface area contributed by atoms with E-state index in [1.807, 2.05) is 36.7 Å². The van der Waals surface area contributed by atoms with Crippen LogP contribution in [0.5, 0.6) is 5.75 Å². The van der Waals surface area contributed by atoms with E-state index in [1.54, 1.807) is 23.3 Å². The smallest absolute Gasteiger partial charge is 0.273 e. The van der Waals surface area contributed by atoms with E-state index in [-0.39, 0.29) is 17.9 Å². The zero-order chi connectivity index (χ0) is 24.1. The van der Waals surface area contributed by atoms with Crippen LogP contribution in [0.25, 0.3) is 0 Å². The largest absolute Gasteiger partial charge is 0.496 e. The van der Waals surface area contributed by atoms with Crippen LogP contribution in [0.4, 0.5) is 0 Å². The van der Waals surface area contributed by atoms with Crippen molar-refractivity contribution >= 4 is 23.2 Å². The fourth-order valence-corrected chi connectivity index (χ4v) is 6.20. The number of benzene rings is 1. The van der Waals surface area contributed by atoms with Gasteiger partial charge in [0.2, 0.25) is 5.91 Å². The number of hydrogen-bond donors (Lipinski definition) is 0. The Morgan fingerprint density at radius 3 is 2.56 bits per heavy atom. The van der Waals surface area contributed by atoms with Crippen LogP contribution in [0.15, 0.2) is 29.6 Å². The summed E-state index contributed by atoms with van der Waals surface area (Å²) in [7, 11) is 3.52. The number of methoxy groups -OCH3 is 1. The highest BCUT2D eigenvalue weighted by Gasteiger charge is 2.31. The fraction of sp³-hybridized carbons (Fsp3) is 0.593. The van der Waals surface area contributed by atoms with Crippen LogP contribution in [0.2, 0.25) is 0 Å². The van der Waals surface area contributed by atoms with Gasteiger partial charge in [0.15, 0.2) is 0 Å². The normalized spacial score (nSPS) is 18.5. The first-order valence-electron chi connectivity index (χ1n) is 12.6. The number of ether oxygens (including phenoxy) is 1. The average molecular weight is 484 g/mol. The van der Waals surface area contributed by atoms with E-state index < -0.39 is 0 Å². The Kier molecular flexibility index (Phi) is 8.24. The third-order valence-electron chi connectivity index (χ3n) is 7.54. The lowest BCUT2D eigenvalue weighted by atomic mass is 9.87. The summed E-state index contributed by atoms with van der Waals surface area (Å²) in [5, 5.41) is 2.92.